The molecule has 1 saturated heterocycles. The van der Waals surface area contributed by atoms with Crippen LogP contribution >= 0.6 is 0 Å². The van der Waals surface area contributed by atoms with Crippen molar-refractivity contribution in [1.82, 2.24) is 14.9 Å². The van der Waals surface area contributed by atoms with E-state index in [0.29, 0.717) is 5.82 Å². The van der Waals surface area contributed by atoms with E-state index in [1.807, 2.05) is 0 Å². The molecule has 0 bridgehead atoms. The van der Waals surface area contributed by atoms with Gasteiger partial charge in [-0.3, -0.25) is 9.69 Å². The highest BCUT2D eigenvalue weighted by atomic mass is 16.1. The van der Waals surface area contributed by atoms with Gasteiger partial charge < -0.3 is 16.0 Å². The third-order valence-corrected chi connectivity index (χ3v) is 5.78. The van der Waals surface area contributed by atoms with Crippen LogP contribution < -0.4 is 16.0 Å². The molecule has 154 valence electrons. The van der Waals surface area contributed by atoms with Gasteiger partial charge in [0.2, 0.25) is 0 Å². The molecule has 1 aromatic heterocycles. The first-order valence-electron chi connectivity index (χ1n) is 10.6. The Labute approximate surface area is 172 Å². The molecule has 0 unspecified atom stereocenters. The van der Waals surface area contributed by atoms with E-state index in [0.717, 1.165) is 58.0 Å². The van der Waals surface area contributed by atoms with Crippen molar-refractivity contribution in [2.75, 3.05) is 49.5 Å². The van der Waals surface area contributed by atoms with Crippen molar-refractivity contribution in [3.63, 3.8) is 0 Å². The summed E-state index contributed by atoms with van der Waals surface area (Å²) in [5, 5.41) is 3.25. The molecule has 2 heterocycles. The summed E-state index contributed by atoms with van der Waals surface area (Å²) in [4.78, 5) is 24.3. The molecule has 4 rings (SSSR count). The van der Waals surface area contributed by atoms with Crippen molar-refractivity contribution in [3.8, 4) is 0 Å². The molecule has 1 aliphatic heterocycles. The van der Waals surface area contributed by atoms with Crippen molar-refractivity contribution < 1.29 is 4.79 Å². The molecular formula is C22H30N6O. The van der Waals surface area contributed by atoms with Crippen LogP contribution in [0.1, 0.15) is 47.7 Å². The number of benzene rings is 1. The summed E-state index contributed by atoms with van der Waals surface area (Å²) in [6.45, 7) is 6.47. The number of carbonyl (C=O) groups is 1. The summed E-state index contributed by atoms with van der Waals surface area (Å²) in [5.41, 5.74) is 8.37. The Morgan fingerprint density at radius 1 is 1.07 bits per heavy atom. The monoisotopic (exact) mass is 394 g/mol. The summed E-state index contributed by atoms with van der Waals surface area (Å²) in [5.74, 6) is 0.923. The topological polar surface area (TPSA) is 87.4 Å². The highest BCUT2D eigenvalue weighted by molar-refractivity contribution is 5.90. The fourth-order valence-corrected chi connectivity index (χ4v) is 3.95. The lowest BCUT2D eigenvalue weighted by Crippen LogP contribution is -2.46. The molecular weight excluding hydrogens is 364 g/mol. The van der Waals surface area contributed by atoms with Crippen molar-refractivity contribution in [1.29, 1.82) is 0 Å². The van der Waals surface area contributed by atoms with E-state index in [2.05, 4.69) is 49.4 Å². The second-order valence-electron chi connectivity index (χ2n) is 7.95. The number of amides is 1. The van der Waals surface area contributed by atoms with E-state index < -0.39 is 5.91 Å². The molecule has 2 aromatic rings. The number of carbonyl (C=O) groups excluding carboxylic acids is 1. The maximum absolute atomic E-state index is 11.0. The van der Waals surface area contributed by atoms with Crippen molar-refractivity contribution in [2.24, 2.45) is 5.73 Å². The summed E-state index contributed by atoms with van der Waals surface area (Å²) < 4.78 is 0. The zero-order valence-electron chi connectivity index (χ0n) is 16.9. The summed E-state index contributed by atoms with van der Waals surface area (Å²) >= 11 is 0. The number of unbranched alkanes of at least 4 members (excludes halogenated alkanes) is 1. The van der Waals surface area contributed by atoms with Crippen LogP contribution in [0, 0.1) is 0 Å². The van der Waals surface area contributed by atoms with Crippen LogP contribution in [-0.2, 0) is 0 Å². The molecule has 3 N–H and O–H groups in total. The molecule has 1 aliphatic carbocycles. The van der Waals surface area contributed by atoms with E-state index in [-0.39, 0.29) is 5.69 Å². The minimum atomic E-state index is -0.555. The lowest BCUT2D eigenvalue weighted by atomic mass is 10.1. The van der Waals surface area contributed by atoms with Crippen LogP contribution in [0.5, 0.6) is 0 Å². The Hall–Kier alpha value is -2.67. The van der Waals surface area contributed by atoms with E-state index in [9.17, 15) is 4.79 Å². The van der Waals surface area contributed by atoms with Gasteiger partial charge >= 0.3 is 0 Å². The molecule has 1 aromatic carbocycles. The number of hydrogen-bond acceptors (Lipinski definition) is 6. The van der Waals surface area contributed by atoms with Crippen LogP contribution in [-0.4, -0.2) is 60.0 Å². The number of hydrogen-bond donors (Lipinski definition) is 2. The molecule has 2 aliphatic rings. The fraction of sp³-hybridized carbons (Fsp3) is 0.500. The number of para-hydroxylation sites is 1. The average molecular weight is 395 g/mol. The number of nitrogens with two attached hydrogens (primary N) is 1. The molecule has 0 atom stereocenters. The second kappa shape index (κ2) is 9.22. The number of primary amides is 1. The number of nitrogens with one attached hydrogen (secondary N) is 1. The van der Waals surface area contributed by atoms with Gasteiger partial charge in [0.1, 0.15) is 11.5 Å². The average Bonchev–Trinajstić information content (AvgIpc) is 3.60. The minimum Gasteiger partial charge on any atom is -0.369 e. The molecule has 1 amide bonds. The van der Waals surface area contributed by atoms with Crippen LogP contribution in [0.15, 0.2) is 36.7 Å². The highest BCUT2D eigenvalue weighted by Crippen LogP contribution is 2.44. The van der Waals surface area contributed by atoms with Crippen molar-refractivity contribution >= 4 is 17.4 Å². The first-order chi connectivity index (χ1) is 14.2. The maximum atomic E-state index is 11.0. The van der Waals surface area contributed by atoms with E-state index in [4.69, 9.17) is 5.73 Å². The van der Waals surface area contributed by atoms with Crippen LogP contribution in [0.3, 0.4) is 0 Å². The zero-order valence-corrected chi connectivity index (χ0v) is 16.9. The Morgan fingerprint density at radius 2 is 1.86 bits per heavy atom. The maximum Gasteiger partial charge on any atom is 0.268 e. The van der Waals surface area contributed by atoms with Gasteiger partial charge in [0.25, 0.3) is 5.91 Å². The standard InChI is InChI=1S/C22H30N6O/c23-22(29)19-15-26-21(16-25-19)24-9-3-4-10-27-11-13-28(14-12-27)20-6-2-1-5-18(20)17-7-8-17/h1-2,5-6,15-17H,3-4,7-14H2,(H2,23,29)(H,24,26). The van der Waals surface area contributed by atoms with Gasteiger partial charge in [-0.1, -0.05) is 18.2 Å². The Morgan fingerprint density at radius 3 is 2.55 bits per heavy atom. The van der Waals surface area contributed by atoms with Crippen LogP contribution in [0.2, 0.25) is 0 Å². The van der Waals surface area contributed by atoms with Crippen LogP contribution in [0.4, 0.5) is 11.5 Å². The predicted molar refractivity (Wildman–Crippen MR) is 115 cm³/mol. The van der Waals surface area contributed by atoms with Crippen molar-refractivity contribution in [3.05, 3.63) is 47.9 Å². The molecule has 0 radical (unpaired) electrons. The largest absolute Gasteiger partial charge is 0.369 e. The third kappa shape index (κ3) is 5.23. The van der Waals surface area contributed by atoms with E-state index in [1.54, 1.807) is 11.8 Å². The first-order valence-corrected chi connectivity index (χ1v) is 10.6. The summed E-state index contributed by atoms with van der Waals surface area (Å²) in [6, 6.07) is 8.97. The molecule has 7 nitrogen and oxygen atoms in total. The number of rotatable bonds is 9. The van der Waals surface area contributed by atoms with Crippen molar-refractivity contribution in [2.45, 2.75) is 31.6 Å². The van der Waals surface area contributed by atoms with Gasteiger partial charge in [0.15, 0.2) is 0 Å². The van der Waals surface area contributed by atoms with Gasteiger partial charge in [-0.05, 0) is 49.8 Å². The van der Waals surface area contributed by atoms with Gasteiger partial charge in [-0.15, -0.1) is 0 Å². The normalized spacial score (nSPS) is 17.3. The smallest absolute Gasteiger partial charge is 0.268 e. The van der Waals surface area contributed by atoms with Gasteiger partial charge in [0, 0.05) is 38.4 Å². The van der Waals surface area contributed by atoms with E-state index in [1.165, 1.54) is 24.7 Å². The number of aromatic nitrogens is 2. The number of anilines is 2. The lowest BCUT2D eigenvalue weighted by molar-refractivity contribution is 0.0995. The Kier molecular flexibility index (Phi) is 6.24. The molecule has 0 spiro atoms. The predicted octanol–water partition coefficient (Wildman–Crippen LogP) is 2.47. The second-order valence-corrected chi connectivity index (χ2v) is 7.95. The SMILES string of the molecule is NC(=O)c1cnc(NCCCCN2CCN(c3ccccc3C3CC3)CC2)cn1. The Bertz CT molecular complexity index is 812. The van der Waals surface area contributed by atoms with Gasteiger partial charge in [0.05, 0.1) is 12.4 Å². The van der Waals surface area contributed by atoms with Gasteiger partial charge in [-0.25, -0.2) is 9.97 Å². The molecule has 1 saturated carbocycles. The third-order valence-electron chi connectivity index (χ3n) is 5.78. The van der Waals surface area contributed by atoms with Crippen LogP contribution in [0.25, 0.3) is 0 Å². The summed E-state index contributed by atoms with van der Waals surface area (Å²) in [7, 11) is 0. The summed E-state index contributed by atoms with van der Waals surface area (Å²) in [6.07, 6.45) is 7.89. The van der Waals surface area contributed by atoms with E-state index >= 15 is 0 Å². The van der Waals surface area contributed by atoms with Gasteiger partial charge in [-0.2, -0.15) is 0 Å². The molecule has 7 heteroatoms. The number of nitrogens with zero attached hydrogens (tertiary/aromatic N) is 4. The molecule has 29 heavy (non-hydrogen) atoms. The number of piperazine rings is 1. The Balaban J connectivity index is 1.14. The zero-order chi connectivity index (χ0) is 20.1. The fourth-order valence-electron chi connectivity index (χ4n) is 3.95. The molecule has 2 fully saturated rings. The lowest BCUT2D eigenvalue weighted by Gasteiger charge is -2.37. The quantitative estimate of drug-likeness (QED) is 0.636. The minimum absolute atomic E-state index is 0.189. The highest BCUT2D eigenvalue weighted by Gasteiger charge is 2.28. The first kappa shape index (κ1) is 19.6.